The molecule has 12 N–H and O–H groups in total. The molecule has 0 fully saturated rings. The molecule has 0 unspecified atom stereocenters. The van der Waals surface area contributed by atoms with Gasteiger partial charge in [0.2, 0.25) is 0 Å². The van der Waals surface area contributed by atoms with Crippen molar-refractivity contribution in [2.24, 2.45) is 21.7 Å². The second-order valence-corrected chi connectivity index (χ2v) is 8.88. The van der Waals surface area contributed by atoms with Crippen LogP contribution in [0, 0.1) is 21.7 Å². The van der Waals surface area contributed by atoms with Crippen LogP contribution in [-0.4, -0.2) is 167 Å². The first-order valence-electron chi connectivity index (χ1n) is 10.6. The average Bonchev–Trinajstić information content (AvgIpc) is 2.91. The zero-order chi connectivity index (χ0) is 26.7. The number of rotatable bonds is 20. The van der Waals surface area contributed by atoms with Crippen LogP contribution < -0.4 is 0 Å². The first kappa shape index (κ1) is 35.6. The van der Waals surface area contributed by atoms with E-state index < -0.39 is 101 Å². The van der Waals surface area contributed by atoms with E-state index >= 15 is 0 Å². The highest BCUT2D eigenvalue weighted by molar-refractivity contribution is 4.82. The van der Waals surface area contributed by atoms with Crippen molar-refractivity contribution >= 4 is 0 Å². The van der Waals surface area contributed by atoms with Gasteiger partial charge in [0.15, 0.2) is 0 Å². The number of aliphatic hydroxyl groups is 12. The van der Waals surface area contributed by atoms with Gasteiger partial charge in [-0.25, -0.2) is 0 Å². The lowest BCUT2D eigenvalue weighted by Crippen LogP contribution is -2.45. The normalized spacial score (nSPS) is 13.1. The number of hydrogen-bond donors (Lipinski definition) is 12. The Labute approximate surface area is 198 Å². The third kappa shape index (κ3) is 11.0. The quantitative estimate of drug-likeness (QED) is 0.0730. The molecule has 0 atom stereocenters. The van der Waals surface area contributed by atoms with E-state index in [4.69, 9.17) is 29.9 Å². The molecule has 0 bridgehead atoms. The van der Waals surface area contributed by atoms with Crippen LogP contribution in [0.4, 0.5) is 0 Å². The first-order chi connectivity index (χ1) is 16.1. The van der Waals surface area contributed by atoms with E-state index in [2.05, 4.69) is 0 Å². The average molecular weight is 509 g/mol. The van der Waals surface area contributed by atoms with Crippen molar-refractivity contribution in [2.45, 2.75) is 0 Å². The highest BCUT2D eigenvalue weighted by Gasteiger charge is 2.35. The fourth-order valence-corrected chi connectivity index (χ4v) is 2.12. The van der Waals surface area contributed by atoms with Crippen molar-refractivity contribution in [3.05, 3.63) is 0 Å². The molecule has 0 aliphatic rings. The first-order valence-corrected chi connectivity index (χ1v) is 10.6. The van der Waals surface area contributed by atoms with Crippen molar-refractivity contribution in [1.29, 1.82) is 0 Å². The van der Waals surface area contributed by atoms with Gasteiger partial charge in [-0.05, 0) is 0 Å². The van der Waals surface area contributed by atoms with E-state index in [1.807, 2.05) is 0 Å². The van der Waals surface area contributed by atoms with E-state index in [1.165, 1.54) is 0 Å². The molecular weight excluding hydrogens is 464 g/mol. The lowest BCUT2D eigenvalue weighted by Gasteiger charge is -2.34. The summed E-state index contributed by atoms with van der Waals surface area (Å²) in [5.74, 6) is 0. The minimum absolute atomic E-state index is 0.188. The molecule has 0 amide bonds. The molecule has 34 heavy (non-hydrogen) atoms. The molecule has 208 valence electrons. The standard InChI is InChI=1S/C15H32O10.C5H12O4/c16-1-13(2-17,3-18)9-24-11-15(7-22,8-23)12-25-10-14(4-19,5-20)6-21;6-1-5(2-7,3-8)4-9/h16-23H,1-12H2;6-9H,1-4H2. The third-order valence-corrected chi connectivity index (χ3v) is 5.66. The van der Waals surface area contributed by atoms with Gasteiger partial charge < -0.3 is 70.8 Å². The molecule has 0 aromatic rings. The highest BCUT2D eigenvalue weighted by atomic mass is 16.5. The molecule has 0 aromatic carbocycles. The Bertz CT molecular complexity index is 400. The Hall–Kier alpha value is -0.560. The zero-order valence-electron chi connectivity index (χ0n) is 19.5. The summed E-state index contributed by atoms with van der Waals surface area (Å²) >= 11 is 0. The van der Waals surface area contributed by atoms with Crippen LogP contribution in [0.15, 0.2) is 0 Å². The molecule has 0 aliphatic carbocycles. The zero-order valence-corrected chi connectivity index (χ0v) is 19.5. The van der Waals surface area contributed by atoms with Crippen LogP contribution in [0.2, 0.25) is 0 Å². The topological polar surface area (TPSA) is 261 Å². The molecule has 14 heteroatoms. The third-order valence-electron chi connectivity index (χ3n) is 5.66. The molecule has 0 heterocycles. The molecule has 14 nitrogen and oxygen atoms in total. The van der Waals surface area contributed by atoms with Crippen molar-refractivity contribution in [1.82, 2.24) is 0 Å². The molecular formula is C20H44O14. The second kappa shape index (κ2) is 18.7. The van der Waals surface area contributed by atoms with Gasteiger partial charge in [-0.2, -0.15) is 0 Å². The van der Waals surface area contributed by atoms with Gasteiger partial charge in [-0.1, -0.05) is 0 Å². The summed E-state index contributed by atoms with van der Waals surface area (Å²) in [6.07, 6.45) is 0. The summed E-state index contributed by atoms with van der Waals surface area (Å²) in [6.45, 7) is -6.45. The van der Waals surface area contributed by atoms with Gasteiger partial charge in [0.25, 0.3) is 0 Å². The maximum atomic E-state index is 9.56. The van der Waals surface area contributed by atoms with Crippen molar-refractivity contribution < 1.29 is 70.8 Å². The van der Waals surface area contributed by atoms with Crippen molar-refractivity contribution in [3.8, 4) is 0 Å². The minimum atomic E-state index is -1.24. The van der Waals surface area contributed by atoms with Gasteiger partial charge in [0.05, 0.1) is 127 Å². The Morgan fingerprint density at radius 1 is 0.265 bits per heavy atom. The molecule has 0 aromatic heterocycles. The van der Waals surface area contributed by atoms with Crippen molar-refractivity contribution in [3.63, 3.8) is 0 Å². The van der Waals surface area contributed by atoms with Gasteiger partial charge >= 0.3 is 0 Å². The van der Waals surface area contributed by atoms with Crippen LogP contribution in [0.1, 0.15) is 0 Å². The highest BCUT2D eigenvalue weighted by Crippen LogP contribution is 2.23. The monoisotopic (exact) mass is 508 g/mol. The Kier molecular flexibility index (Phi) is 19.6. The number of ether oxygens (including phenoxy) is 2. The van der Waals surface area contributed by atoms with Gasteiger partial charge in [0, 0.05) is 0 Å². The molecule has 0 spiro atoms. The smallest absolute Gasteiger partial charge is 0.0632 e. The molecule has 0 radical (unpaired) electrons. The summed E-state index contributed by atoms with van der Waals surface area (Å²) < 4.78 is 10.7. The molecule has 0 rings (SSSR count). The number of aliphatic hydroxyl groups excluding tert-OH is 12. The second-order valence-electron chi connectivity index (χ2n) is 8.88. The van der Waals surface area contributed by atoms with Crippen LogP contribution in [-0.2, 0) is 9.47 Å². The van der Waals surface area contributed by atoms with Crippen LogP contribution >= 0.6 is 0 Å². The fraction of sp³-hybridized carbons (Fsp3) is 1.00. The molecule has 0 saturated heterocycles. The van der Waals surface area contributed by atoms with Gasteiger partial charge in [-0.15, -0.1) is 0 Å². The summed E-state index contributed by atoms with van der Waals surface area (Å²) in [4.78, 5) is 0. The Morgan fingerprint density at radius 2 is 0.441 bits per heavy atom. The van der Waals surface area contributed by atoms with Crippen LogP contribution in [0.5, 0.6) is 0 Å². The number of hydrogen-bond acceptors (Lipinski definition) is 14. The summed E-state index contributed by atoms with van der Waals surface area (Å²) in [7, 11) is 0. The van der Waals surface area contributed by atoms with E-state index in [9.17, 15) is 40.9 Å². The summed E-state index contributed by atoms with van der Waals surface area (Å²) in [5.41, 5.74) is -4.80. The van der Waals surface area contributed by atoms with Crippen LogP contribution in [0.25, 0.3) is 0 Å². The maximum Gasteiger partial charge on any atom is 0.0632 e. The van der Waals surface area contributed by atoms with Crippen LogP contribution in [0.3, 0.4) is 0 Å². The van der Waals surface area contributed by atoms with E-state index in [0.717, 1.165) is 0 Å². The van der Waals surface area contributed by atoms with Gasteiger partial charge in [0.1, 0.15) is 0 Å². The van der Waals surface area contributed by atoms with E-state index in [0.29, 0.717) is 0 Å². The molecule has 0 aliphatic heterocycles. The van der Waals surface area contributed by atoms with Gasteiger partial charge in [-0.3, -0.25) is 0 Å². The molecule has 0 saturated carbocycles. The SMILES string of the molecule is OCC(CO)(CO)CO.OCC(CO)(CO)COCC(CO)(CO)COCC(CO)(CO)CO. The van der Waals surface area contributed by atoms with E-state index in [1.54, 1.807) is 0 Å². The Morgan fingerprint density at radius 3 is 0.588 bits per heavy atom. The Balaban J connectivity index is 0. The minimum Gasteiger partial charge on any atom is -0.396 e. The predicted octanol–water partition coefficient (Wildman–Crippen LogP) is -6.14. The predicted molar refractivity (Wildman–Crippen MR) is 116 cm³/mol. The lowest BCUT2D eigenvalue weighted by atomic mass is 9.90. The maximum absolute atomic E-state index is 9.56. The largest absolute Gasteiger partial charge is 0.396 e. The summed E-state index contributed by atoms with van der Waals surface area (Å²) in [5, 5.41) is 109. The fourth-order valence-electron chi connectivity index (χ4n) is 2.12. The summed E-state index contributed by atoms with van der Waals surface area (Å²) in [6, 6.07) is 0. The van der Waals surface area contributed by atoms with Crippen molar-refractivity contribution in [2.75, 3.05) is 106 Å². The lowest BCUT2D eigenvalue weighted by molar-refractivity contribution is -0.127. The van der Waals surface area contributed by atoms with E-state index in [-0.39, 0.29) is 26.4 Å².